The lowest BCUT2D eigenvalue weighted by Gasteiger charge is -2.18. The molecular weight excluding hydrogens is 209 g/mol. The molecule has 0 aliphatic carbocycles. The summed E-state index contributed by atoms with van der Waals surface area (Å²) >= 11 is 0. The number of carbonyl (C=O) groups is 2. The quantitative estimate of drug-likeness (QED) is 0.733. The van der Waals surface area contributed by atoms with Crippen molar-refractivity contribution in [1.82, 2.24) is 4.90 Å². The minimum absolute atomic E-state index is 0.0314. The number of carbonyl (C=O) groups excluding carboxylic acids is 2. The molecule has 0 N–H and O–H groups in total. The Kier molecular flexibility index (Phi) is 4.17. The van der Waals surface area contributed by atoms with Gasteiger partial charge >= 0.3 is 0 Å². The Balaban J connectivity index is 3.01. The molecule has 1 aromatic carbocycles. The Bertz CT molecular complexity index is 400. The molecule has 0 atom stereocenters. The van der Waals surface area contributed by atoms with Crippen LogP contribution in [-0.4, -0.2) is 30.2 Å². The first-order valence-corrected chi connectivity index (χ1v) is 5.18. The maximum Gasteiger partial charge on any atom is 0.253 e. The number of hydrogen-bond acceptors (Lipinski definition) is 2. The second-order valence-electron chi connectivity index (χ2n) is 3.33. The molecule has 0 saturated heterocycles. The van der Waals surface area contributed by atoms with Crippen LogP contribution in [0.15, 0.2) is 18.2 Å². The SMILES string of the molecule is CCN(CC)C(=O)c1ccc(C=O)c(F)c1. The summed E-state index contributed by atoms with van der Waals surface area (Å²) in [6.07, 6.45) is 0.432. The third kappa shape index (κ3) is 2.45. The second kappa shape index (κ2) is 5.39. The Hall–Kier alpha value is -1.71. The molecule has 86 valence electrons. The van der Waals surface area contributed by atoms with Crippen LogP contribution in [0.1, 0.15) is 34.6 Å². The standard InChI is InChI=1S/C12H14FNO2/c1-3-14(4-2)12(16)9-5-6-10(8-15)11(13)7-9/h5-8H,3-4H2,1-2H3. The van der Waals surface area contributed by atoms with Gasteiger partial charge in [0, 0.05) is 18.7 Å². The van der Waals surface area contributed by atoms with E-state index in [9.17, 15) is 14.0 Å². The van der Waals surface area contributed by atoms with Gasteiger partial charge in [-0.2, -0.15) is 0 Å². The lowest BCUT2D eigenvalue weighted by atomic mass is 10.1. The number of rotatable bonds is 4. The van der Waals surface area contributed by atoms with Crippen molar-refractivity contribution in [2.24, 2.45) is 0 Å². The van der Waals surface area contributed by atoms with Crippen molar-refractivity contribution in [2.75, 3.05) is 13.1 Å². The minimum Gasteiger partial charge on any atom is -0.339 e. The molecule has 1 amide bonds. The molecule has 0 saturated carbocycles. The lowest BCUT2D eigenvalue weighted by molar-refractivity contribution is 0.0772. The van der Waals surface area contributed by atoms with Crippen LogP contribution in [-0.2, 0) is 0 Å². The van der Waals surface area contributed by atoms with Crippen LogP contribution in [0, 0.1) is 5.82 Å². The van der Waals surface area contributed by atoms with Gasteiger partial charge in [0.25, 0.3) is 5.91 Å². The van der Waals surface area contributed by atoms with Gasteiger partial charge in [0.15, 0.2) is 6.29 Å². The van der Waals surface area contributed by atoms with E-state index >= 15 is 0 Å². The van der Waals surface area contributed by atoms with Crippen molar-refractivity contribution in [3.8, 4) is 0 Å². The zero-order valence-electron chi connectivity index (χ0n) is 9.37. The van der Waals surface area contributed by atoms with Gasteiger partial charge in [0.05, 0.1) is 5.56 Å². The lowest BCUT2D eigenvalue weighted by Crippen LogP contribution is -2.30. The van der Waals surface area contributed by atoms with Crippen molar-refractivity contribution in [2.45, 2.75) is 13.8 Å². The van der Waals surface area contributed by atoms with E-state index in [0.717, 1.165) is 6.07 Å². The smallest absolute Gasteiger partial charge is 0.253 e. The van der Waals surface area contributed by atoms with E-state index in [1.807, 2.05) is 13.8 Å². The predicted molar refractivity (Wildman–Crippen MR) is 59.0 cm³/mol. The van der Waals surface area contributed by atoms with Crippen LogP contribution < -0.4 is 0 Å². The number of nitrogens with zero attached hydrogens (tertiary/aromatic N) is 1. The van der Waals surface area contributed by atoms with Gasteiger partial charge in [-0.15, -0.1) is 0 Å². The molecular formula is C12H14FNO2. The fourth-order valence-electron chi connectivity index (χ4n) is 1.45. The van der Waals surface area contributed by atoms with Gasteiger partial charge in [-0.25, -0.2) is 4.39 Å². The summed E-state index contributed by atoms with van der Waals surface area (Å²) < 4.78 is 13.3. The molecule has 4 heteroatoms. The summed E-state index contributed by atoms with van der Waals surface area (Å²) in [4.78, 5) is 23.8. The molecule has 0 radical (unpaired) electrons. The number of aldehydes is 1. The van der Waals surface area contributed by atoms with Crippen molar-refractivity contribution < 1.29 is 14.0 Å². The molecule has 0 aromatic heterocycles. The molecule has 0 aliphatic heterocycles. The molecule has 0 bridgehead atoms. The van der Waals surface area contributed by atoms with Crippen molar-refractivity contribution in [3.63, 3.8) is 0 Å². The normalized spacial score (nSPS) is 9.94. The molecule has 0 spiro atoms. The largest absolute Gasteiger partial charge is 0.339 e. The van der Waals surface area contributed by atoms with E-state index < -0.39 is 5.82 Å². The minimum atomic E-state index is -0.659. The maximum atomic E-state index is 13.3. The molecule has 0 heterocycles. The van der Waals surface area contributed by atoms with Crippen molar-refractivity contribution in [1.29, 1.82) is 0 Å². The van der Waals surface area contributed by atoms with Gasteiger partial charge in [-0.1, -0.05) is 0 Å². The molecule has 1 aromatic rings. The molecule has 3 nitrogen and oxygen atoms in total. The summed E-state index contributed by atoms with van der Waals surface area (Å²) in [5.74, 6) is -0.880. The van der Waals surface area contributed by atoms with Gasteiger partial charge in [-0.3, -0.25) is 9.59 Å². The fourth-order valence-corrected chi connectivity index (χ4v) is 1.45. The number of amides is 1. The van der Waals surface area contributed by atoms with E-state index in [1.54, 1.807) is 4.90 Å². The first-order chi connectivity index (χ1) is 7.63. The Morgan fingerprint density at radius 1 is 1.38 bits per heavy atom. The average molecular weight is 223 g/mol. The Morgan fingerprint density at radius 3 is 2.44 bits per heavy atom. The summed E-state index contributed by atoms with van der Waals surface area (Å²) in [5, 5.41) is 0. The summed E-state index contributed by atoms with van der Waals surface area (Å²) in [7, 11) is 0. The highest BCUT2D eigenvalue weighted by atomic mass is 19.1. The van der Waals surface area contributed by atoms with Crippen LogP contribution in [0.3, 0.4) is 0 Å². The van der Waals surface area contributed by atoms with Crippen LogP contribution in [0.25, 0.3) is 0 Å². The van der Waals surface area contributed by atoms with E-state index in [2.05, 4.69) is 0 Å². The van der Waals surface area contributed by atoms with Crippen LogP contribution in [0.5, 0.6) is 0 Å². The molecule has 0 fully saturated rings. The van der Waals surface area contributed by atoms with Crippen LogP contribution in [0.2, 0.25) is 0 Å². The zero-order chi connectivity index (χ0) is 12.1. The molecule has 0 aliphatic rings. The van der Waals surface area contributed by atoms with Crippen LogP contribution >= 0.6 is 0 Å². The topological polar surface area (TPSA) is 37.4 Å². The Morgan fingerprint density at radius 2 is 2.00 bits per heavy atom. The van der Waals surface area contributed by atoms with E-state index in [-0.39, 0.29) is 17.0 Å². The van der Waals surface area contributed by atoms with Crippen LogP contribution in [0.4, 0.5) is 4.39 Å². The first kappa shape index (κ1) is 12.4. The van der Waals surface area contributed by atoms with E-state index in [1.165, 1.54) is 12.1 Å². The zero-order valence-corrected chi connectivity index (χ0v) is 9.37. The van der Waals surface area contributed by atoms with Gasteiger partial charge in [-0.05, 0) is 32.0 Å². The first-order valence-electron chi connectivity index (χ1n) is 5.18. The number of halogens is 1. The van der Waals surface area contributed by atoms with Gasteiger partial charge in [0.2, 0.25) is 0 Å². The third-order valence-corrected chi connectivity index (χ3v) is 2.43. The summed E-state index contributed by atoms with van der Waals surface area (Å²) in [6, 6.07) is 3.89. The van der Waals surface area contributed by atoms with Gasteiger partial charge < -0.3 is 4.90 Å². The van der Waals surface area contributed by atoms with E-state index in [0.29, 0.717) is 19.4 Å². The second-order valence-corrected chi connectivity index (χ2v) is 3.33. The van der Waals surface area contributed by atoms with Crippen molar-refractivity contribution in [3.05, 3.63) is 35.1 Å². The van der Waals surface area contributed by atoms with Crippen molar-refractivity contribution >= 4 is 12.2 Å². The maximum absolute atomic E-state index is 13.3. The number of benzene rings is 1. The number of hydrogen-bond donors (Lipinski definition) is 0. The monoisotopic (exact) mass is 223 g/mol. The Labute approximate surface area is 93.9 Å². The third-order valence-electron chi connectivity index (χ3n) is 2.43. The fraction of sp³-hybridized carbons (Fsp3) is 0.333. The van der Waals surface area contributed by atoms with Gasteiger partial charge in [0.1, 0.15) is 5.82 Å². The van der Waals surface area contributed by atoms with E-state index in [4.69, 9.17) is 0 Å². The average Bonchev–Trinajstić information content (AvgIpc) is 2.30. The summed E-state index contributed by atoms with van der Waals surface area (Å²) in [6.45, 7) is 4.87. The highest BCUT2D eigenvalue weighted by molar-refractivity contribution is 5.94. The highest BCUT2D eigenvalue weighted by Crippen LogP contribution is 2.11. The molecule has 0 unspecified atom stereocenters. The predicted octanol–water partition coefficient (Wildman–Crippen LogP) is 2.12. The molecule has 1 rings (SSSR count). The molecule has 16 heavy (non-hydrogen) atoms. The summed E-state index contributed by atoms with van der Waals surface area (Å²) in [5.41, 5.74) is 0.239. The highest BCUT2D eigenvalue weighted by Gasteiger charge is 2.14.